The van der Waals surface area contributed by atoms with Crippen LogP contribution >= 0.6 is 0 Å². The van der Waals surface area contributed by atoms with E-state index in [4.69, 9.17) is 5.14 Å². The van der Waals surface area contributed by atoms with E-state index < -0.39 is 10.0 Å². The normalized spacial score (nSPS) is 11.4. The summed E-state index contributed by atoms with van der Waals surface area (Å²) < 4.78 is 23.3. The first-order valence-corrected chi connectivity index (χ1v) is 10.3. The number of rotatable bonds is 6. The molecular formula is C20H22N4O3S. The summed E-state index contributed by atoms with van der Waals surface area (Å²) >= 11 is 0. The lowest BCUT2D eigenvalue weighted by atomic mass is 10.0. The second kappa shape index (κ2) is 7.95. The zero-order valence-electron chi connectivity index (χ0n) is 15.7. The van der Waals surface area contributed by atoms with Crippen molar-refractivity contribution in [1.82, 2.24) is 10.2 Å². The predicted molar refractivity (Wildman–Crippen MR) is 109 cm³/mol. The van der Waals surface area contributed by atoms with E-state index in [0.717, 1.165) is 11.1 Å². The zero-order chi connectivity index (χ0) is 20.3. The van der Waals surface area contributed by atoms with Gasteiger partial charge >= 0.3 is 0 Å². The standard InChI is InChI=1S/C20H22N4O3S/c1-13-11-14(2)20(17(25)12-13)16-7-8-19(24-23-16)22-10-9-15-5-3-4-6-18(15)28(21,26)27/h3-8,11-12,25H,9-10H2,1-2H3,(H,22,24)(H2,21,26,27). The van der Waals surface area contributed by atoms with Gasteiger partial charge in [0.25, 0.3) is 0 Å². The van der Waals surface area contributed by atoms with Gasteiger partial charge in [0.05, 0.1) is 10.6 Å². The van der Waals surface area contributed by atoms with Gasteiger partial charge in [0, 0.05) is 12.1 Å². The fourth-order valence-electron chi connectivity index (χ4n) is 3.15. The van der Waals surface area contributed by atoms with Gasteiger partial charge in [-0.2, -0.15) is 0 Å². The maximum atomic E-state index is 11.6. The van der Waals surface area contributed by atoms with E-state index in [1.807, 2.05) is 19.9 Å². The van der Waals surface area contributed by atoms with E-state index in [9.17, 15) is 13.5 Å². The Morgan fingerprint density at radius 3 is 2.46 bits per heavy atom. The predicted octanol–water partition coefficient (Wildman–Crippen LogP) is 2.77. The van der Waals surface area contributed by atoms with Gasteiger partial charge in [-0.05, 0) is 61.2 Å². The molecule has 0 aliphatic heterocycles. The summed E-state index contributed by atoms with van der Waals surface area (Å²) in [5, 5.41) is 26.9. The zero-order valence-corrected chi connectivity index (χ0v) is 16.5. The summed E-state index contributed by atoms with van der Waals surface area (Å²) in [6.45, 7) is 4.30. The van der Waals surface area contributed by atoms with E-state index in [2.05, 4.69) is 15.5 Å². The number of hydrogen-bond acceptors (Lipinski definition) is 6. The lowest BCUT2D eigenvalue weighted by molar-refractivity contribution is 0.476. The van der Waals surface area contributed by atoms with Crippen molar-refractivity contribution < 1.29 is 13.5 Å². The highest BCUT2D eigenvalue weighted by atomic mass is 32.2. The van der Waals surface area contributed by atoms with Crippen LogP contribution < -0.4 is 10.5 Å². The molecule has 28 heavy (non-hydrogen) atoms. The number of aromatic nitrogens is 2. The summed E-state index contributed by atoms with van der Waals surface area (Å²) in [4.78, 5) is 0.128. The summed E-state index contributed by atoms with van der Waals surface area (Å²) in [5.41, 5.74) is 3.78. The van der Waals surface area contributed by atoms with Gasteiger partial charge in [-0.15, -0.1) is 10.2 Å². The molecule has 0 bridgehead atoms. The first-order valence-electron chi connectivity index (χ1n) is 8.74. The van der Waals surface area contributed by atoms with Crippen LogP contribution in [0.5, 0.6) is 5.75 Å². The third-order valence-corrected chi connectivity index (χ3v) is 5.37. The fourth-order valence-corrected chi connectivity index (χ4v) is 3.96. The molecule has 0 aliphatic carbocycles. The smallest absolute Gasteiger partial charge is 0.238 e. The van der Waals surface area contributed by atoms with Gasteiger partial charge in [0.15, 0.2) is 0 Å². The Balaban J connectivity index is 1.70. The molecule has 3 aromatic rings. The van der Waals surface area contributed by atoms with Crippen molar-refractivity contribution in [2.75, 3.05) is 11.9 Å². The monoisotopic (exact) mass is 398 g/mol. The number of primary sulfonamides is 1. The Labute approximate surface area is 164 Å². The third kappa shape index (κ3) is 4.47. The number of aromatic hydroxyl groups is 1. The molecule has 2 aromatic carbocycles. The van der Waals surface area contributed by atoms with Gasteiger partial charge in [0.2, 0.25) is 10.0 Å². The van der Waals surface area contributed by atoms with Crippen molar-refractivity contribution in [1.29, 1.82) is 0 Å². The maximum absolute atomic E-state index is 11.6. The van der Waals surface area contributed by atoms with Gasteiger partial charge < -0.3 is 10.4 Å². The quantitative estimate of drug-likeness (QED) is 0.588. The average Bonchev–Trinajstić information content (AvgIpc) is 2.62. The molecule has 146 valence electrons. The molecule has 0 aliphatic rings. The second-order valence-electron chi connectivity index (χ2n) is 6.61. The molecule has 0 amide bonds. The molecule has 0 radical (unpaired) electrons. The van der Waals surface area contributed by atoms with Crippen LogP contribution in [0.4, 0.5) is 5.82 Å². The average molecular weight is 398 g/mol. The summed E-state index contributed by atoms with van der Waals surface area (Å²) in [5.74, 6) is 0.730. The largest absolute Gasteiger partial charge is 0.507 e. The minimum absolute atomic E-state index is 0.128. The number of sulfonamides is 1. The molecule has 0 spiro atoms. The highest BCUT2D eigenvalue weighted by Gasteiger charge is 2.13. The van der Waals surface area contributed by atoms with Crippen molar-refractivity contribution in [3.63, 3.8) is 0 Å². The number of phenolic OH excluding ortho intramolecular Hbond substituents is 1. The minimum atomic E-state index is -3.76. The highest BCUT2D eigenvalue weighted by Crippen LogP contribution is 2.32. The van der Waals surface area contributed by atoms with E-state index in [1.54, 1.807) is 36.4 Å². The first-order chi connectivity index (χ1) is 13.3. The van der Waals surface area contributed by atoms with E-state index in [1.165, 1.54) is 6.07 Å². The second-order valence-corrected chi connectivity index (χ2v) is 8.14. The summed E-state index contributed by atoms with van der Waals surface area (Å²) in [6, 6.07) is 13.9. The molecular weight excluding hydrogens is 376 g/mol. The first kappa shape index (κ1) is 19.8. The molecule has 4 N–H and O–H groups in total. The Morgan fingerprint density at radius 1 is 1.07 bits per heavy atom. The van der Waals surface area contributed by atoms with Crippen LogP contribution in [0.15, 0.2) is 53.4 Å². The molecule has 8 heteroatoms. The molecule has 0 saturated heterocycles. The minimum Gasteiger partial charge on any atom is -0.507 e. The number of nitrogens with zero attached hydrogens (tertiary/aromatic N) is 2. The fraction of sp³-hybridized carbons (Fsp3) is 0.200. The van der Waals surface area contributed by atoms with Crippen molar-refractivity contribution in [3.05, 3.63) is 65.2 Å². The van der Waals surface area contributed by atoms with Crippen molar-refractivity contribution in [2.24, 2.45) is 5.14 Å². The number of nitrogens with two attached hydrogens (primary N) is 1. The lowest BCUT2D eigenvalue weighted by Crippen LogP contribution is -2.16. The molecule has 1 heterocycles. The molecule has 0 fully saturated rings. The highest BCUT2D eigenvalue weighted by molar-refractivity contribution is 7.89. The van der Waals surface area contributed by atoms with Gasteiger partial charge in [-0.1, -0.05) is 24.3 Å². The van der Waals surface area contributed by atoms with Crippen molar-refractivity contribution in [3.8, 4) is 17.0 Å². The Bertz CT molecular complexity index is 1070. The summed E-state index contributed by atoms with van der Waals surface area (Å²) in [7, 11) is -3.76. The third-order valence-electron chi connectivity index (χ3n) is 4.36. The number of phenols is 1. The van der Waals surface area contributed by atoms with Crippen LogP contribution in [-0.4, -0.2) is 30.3 Å². The van der Waals surface area contributed by atoms with E-state index >= 15 is 0 Å². The van der Waals surface area contributed by atoms with Crippen LogP contribution in [0.1, 0.15) is 16.7 Å². The SMILES string of the molecule is Cc1cc(C)c(-c2ccc(NCCc3ccccc3S(N)(=O)=O)nn2)c(O)c1. The maximum Gasteiger partial charge on any atom is 0.238 e. The number of anilines is 1. The molecule has 7 nitrogen and oxygen atoms in total. The molecule has 0 saturated carbocycles. The van der Waals surface area contributed by atoms with Gasteiger partial charge in [-0.3, -0.25) is 0 Å². The lowest BCUT2D eigenvalue weighted by Gasteiger charge is -2.11. The van der Waals surface area contributed by atoms with Gasteiger partial charge in [0.1, 0.15) is 11.6 Å². The molecule has 0 atom stereocenters. The van der Waals surface area contributed by atoms with Crippen LogP contribution in [0, 0.1) is 13.8 Å². The molecule has 0 unspecified atom stereocenters. The van der Waals surface area contributed by atoms with E-state index in [-0.39, 0.29) is 10.6 Å². The Kier molecular flexibility index (Phi) is 5.62. The van der Waals surface area contributed by atoms with Crippen molar-refractivity contribution in [2.45, 2.75) is 25.2 Å². The Morgan fingerprint density at radius 2 is 1.82 bits per heavy atom. The number of hydrogen-bond donors (Lipinski definition) is 3. The topological polar surface area (TPSA) is 118 Å². The number of benzene rings is 2. The van der Waals surface area contributed by atoms with Crippen LogP contribution in [-0.2, 0) is 16.4 Å². The molecule has 1 aromatic heterocycles. The van der Waals surface area contributed by atoms with Gasteiger partial charge in [-0.25, -0.2) is 13.6 Å². The Hall–Kier alpha value is -2.97. The van der Waals surface area contributed by atoms with Crippen LogP contribution in [0.25, 0.3) is 11.3 Å². The molecule has 3 rings (SSSR count). The van der Waals surface area contributed by atoms with E-state index in [0.29, 0.717) is 35.6 Å². The van der Waals surface area contributed by atoms with Crippen LogP contribution in [0.2, 0.25) is 0 Å². The number of aryl methyl sites for hydroxylation is 2. The van der Waals surface area contributed by atoms with Crippen LogP contribution in [0.3, 0.4) is 0 Å². The number of nitrogens with one attached hydrogen (secondary N) is 1. The van der Waals surface area contributed by atoms with Crippen molar-refractivity contribution >= 4 is 15.8 Å². The summed E-state index contributed by atoms with van der Waals surface area (Å²) in [6.07, 6.45) is 0.466.